The molecular weight excluding hydrogens is 324 g/mol. The number of aliphatic imine (C=N–C) groups is 1. The SMILES string of the molecule is C=CN(C=NC)C1CCC(c2cnc([C@@H](N)CC3CCCCN3)[nH]2)CC1. The van der Waals surface area contributed by atoms with Crippen LogP contribution in [0.2, 0.25) is 0 Å². The quantitative estimate of drug-likeness (QED) is 0.517. The van der Waals surface area contributed by atoms with Gasteiger partial charge in [-0.15, -0.1) is 0 Å². The molecule has 26 heavy (non-hydrogen) atoms. The third kappa shape index (κ3) is 4.74. The third-order valence-electron chi connectivity index (χ3n) is 5.93. The van der Waals surface area contributed by atoms with Crippen molar-refractivity contribution in [3.8, 4) is 0 Å². The molecule has 1 saturated heterocycles. The van der Waals surface area contributed by atoms with Gasteiger partial charge in [-0.05, 0) is 57.7 Å². The second-order valence-corrected chi connectivity index (χ2v) is 7.72. The van der Waals surface area contributed by atoms with E-state index in [-0.39, 0.29) is 6.04 Å². The molecule has 1 aromatic heterocycles. The Morgan fingerprint density at radius 1 is 1.35 bits per heavy atom. The van der Waals surface area contributed by atoms with Crippen LogP contribution >= 0.6 is 0 Å². The van der Waals surface area contributed by atoms with Crippen LogP contribution in [0.15, 0.2) is 24.0 Å². The number of nitrogens with zero attached hydrogens (tertiary/aromatic N) is 3. The Kier molecular flexibility index (Phi) is 6.86. The minimum absolute atomic E-state index is 0.00675. The first-order valence-electron chi connectivity index (χ1n) is 10.1. The van der Waals surface area contributed by atoms with Crippen molar-refractivity contribution in [1.29, 1.82) is 0 Å². The fraction of sp³-hybridized carbons (Fsp3) is 0.700. The average Bonchev–Trinajstić information content (AvgIpc) is 3.17. The van der Waals surface area contributed by atoms with Gasteiger partial charge in [0.2, 0.25) is 0 Å². The number of aromatic nitrogens is 2. The summed E-state index contributed by atoms with van der Waals surface area (Å²) < 4.78 is 0. The van der Waals surface area contributed by atoms with Crippen LogP contribution in [0.5, 0.6) is 0 Å². The normalized spacial score (nSPS) is 28.2. The summed E-state index contributed by atoms with van der Waals surface area (Å²) in [6, 6.07) is 1.04. The van der Waals surface area contributed by atoms with E-state index in [9.17, 15) is 0 Å². The molecule has 2 fully saturated rings. The van der Waals surface area contributed by atoms with Crippen LogP contribution in [0.25, 0.3) is 0 Å². The number of nitrogens with one attached hydrogen (secondary N) is 2. The van der Waals surface area contributed by atoms with Crippen molar-refractivity contribution < 1.29 is 0 Å². The Morgan fingerprint density at radius 3 is 2.81 bits per heavy atom. The zero-order valence-corrected chi connectivity index (χ0v) is 16.0. The zero-order chi connectivity index (χ0) is 18.4. The minimum Gasteiger partial charge on any atom is -0.344 e. The third-order valence-corrected chi connectivity index (χ3v) is 5.93. The maximum absolute atomic E-state index is 6.42. The molecule has 0 amide bonds. The number of hydrogen-bond donors (Lipinski definition) is 3. The van der Waals surface area contributed by atoms with Gasteiger partial charge in [-0.1, -0.05) is 13.0 Å². The number of piperidine rings is 1. The van der Waals surface area contributed by atoms with E-state index in [0.29, 0.717) is 18.0 Å². The van der Waals surface area contributed by atoms with Crippen molar-refractivity contribution >= 4 is 6.34 Å². The van der Waals surface area contributed by atoms with Crippen molar-refractivity contribution in [3.05, 3.63) is 30.5 Å². The van der Waals surface area contributed by atoms with Gasteiger partial charge in [-0.3, -0.25) is 4.99 Å². The predicted octanol–water partition coefficient (Wildman–Crippen LogP) is 3.07. The molecule has 6 nitrogen and oxygen atoms in total. The minimum atomic E-state index is -0.00675. The number of aromatic amines is 1. The van der Waals surface area contributed by atoms with Crippen LogP contribution in [-0.2, 0) is 0 Å². The summed E-state index contributed by atoms with van der Waals surface area (Å²) in [6.45, 7) is 5.02. The zero-order valence-electron chi connectivity index (χ0n) is 16.0. The van der Waals surface area contributed by atoms with Crippen LogP contribution in [-0.4, -0.2) is 46.9 Å². The molecule has 2 atom stereocenters. The number of H-pyrrole nitrogens is 1. The van der Waals surface area contributed by atoms with Crippen LogP contribution < -0.4 is 11.1 Å². The van der Waals surface area contributed by atoms with Crippen molar-refractivity contribution in [2.75, 3.05) is 13.6 Å². The summed E-state index contributed by atoms with van der Waals surface area (Å²) in [5.74, 6) is 1.50. The lowest BCUT2D eigenvalue weighted by Gasteiger charge is -2.33. The molecule has 0 aromatic carbocycles. The number of hydrogen-bond acceptors (Lipinski definition) is 4. The van der Waals surface area contributed by atoms with Gasteiger partial charge in [-0.2, -0.15) is 0 Å². The first-order chi connectivity index (χ1) is 12.7. The summed E-state index contributed by atoms with van der Waals surface area (Å²) >= 11 is 0. The molecular formula is C20H34N6. The van der Waals surface area contributed by atoms with Gasteiger partial charge in [0.1, 0.15) is 5.82 Å². The molecule has 144 valence electrons. The van der Waals surface area contributed by atoms with E-state index in [1.807, 2.05) is 18.7 Å². The maximum Gasteiger partial charge on any atom is 0.123 e. The van der Waals surface area contributed by atoms with Crippen molar-refractivity contribution in [2.45, 2.75) is 75.4 Å². The number of rotatable bonds is 7. The van der Waals surface area contributed by atoms with Gasteiger partial charge in [-0.25, -0.2) is 4.98 Å². The Bertz CT molecular complexity index is 581. The van der Waals surface area contributed by atoms with Crippen LogP contribution in [0.4, 0.5) is 0 Å². The number of imidazole rings is 1. The fourth-order valence-corrected chi connectivity index (χ4v) is 4.40. The van der Waals surface area contributed by atoms with E-state index < -0.39 is 0 Å². The highest BCUT2D eigenvalue weighted by Crippen LogP contribution is 2.34. The summed E-state index contributed by atoms with van der Waals surface area (Å²) in [5, 5.41) is 3.58. The highest BCUT2D eigenvalue weighted by atomic mass is 15.2. The smallest absolute Gasteiger partial charge is 0.123 e. The second-order valence-electron chi connectivity index (χ2n) is 7.72. The van der Waals surface area contributed by atoms with E-state index in [4.69, 9.17) is 5.73 Å². The predicted molar refractivity (Wildman–Crippen MR) is 107 cm³/mol. The van der Waals surface area contributed by atoms with Gasteiger partial charge in [0.05, 0.1) is 12.4 Å². The van der Waals surface area contributed by atoms with E-state index >= 15 is 0 Å². The highest BCUT2D eigenvalue weighted by Gasteiger charge is 2.26. The van der Waals surface area contributed by atoms with E-state index in [0.717, 1.165) is 44.5 Å². The average molecular weight is 359 g/mol. The fourth-order valence-electron chi connectivity index (χ4n) is 4.40. The maximum atomic E-state index is 6.42. The molecule has 1 saturated carbocycles. The van der Waals surface area contributed by atoms with Gasteiger partial charge in [0.25, 0.3) is 0 Å². The molecule has 2 heterocycles. The lowest BCUT2D eigenvalue weighted by atomic mass is 9.84. The first-order valence-corrected chi connectivity index (χ1v) is 10.1. The summed E-state index contributed by atoms with van der Waals surface area (Å²) in [4.78, 5) is 14.4. The van der Waals surface area contributed by atoms with Crippen molar-refractivity contribution in [2.24, 2.45) is 10.7 Å². The standard InChI is InChI=1S/C20H34N6/c1-3-26(14-22-2)17-9-7-15(8-10-17)19-13-24-20(25-19)18(21)12-16-6-4-5-11-23-16/h3,13-18,23H,1,4-12,21H2,2H3,(H,24,25)/t15?,16?,17?,18-/m0/s1. The molecule has 0 spiro atoms. The lowest BCUT2D eigenvalue weighted by molar-refractivity contribution is 0.282. The Balaban J connectivity index is 1.52. The molecule has 0 bridgehead atoms. The summed E-state index contributed by atoms with van der Waals surface area (Å²) in [5.41, 5.74) is 7.67. The molecule has 6 heteroatoms. The van der Waals surface area contributed by atoms with Crippen molar-refractivity contribution in [3.63, 3.8) is 0 Å². The first kappa shape index (κ1) is 19.1. The van der Waals surface area contributed by atoms with Gasteiger partial charge in [0.15, 0.2) is 0 Å². The monoisotopic (exact) mass is 358 g/mol. The summed E-state index contributed by atoms with van der Waals surface area (Å²) in [7, 11) is 1.81. The summed E-state index contributed by atoms with van der Waals surface area (Å²) in [6.07, 6.45) is 15.2. The second kappa shape index (κ2) is 9.33. The Hall–Kier alpha value is -1.66. The van der Waals surface area contributed by atoms with Crippen molar-refractivity contribution in [1.82, 2.24) is 20.2 Å². The molecule has 0 radical (unpaired) electrons. The van der Waals surface area contributed by atoms with E-state index in [1.165, 1.54) is 25.0 Å². The molecule has 1 aliphatic heterocycles. The van der Waals surface area contributed by atoms with Crippen LogP contribution in [0.1, 0.15) is 74.8 Å². The Labute approximate surface area is 157 Å². The largest absolute Gasteiger partial charge is 0.344 e. The Morgan fingerprint density at radius 2 is 2.15 bits per heavy atom. The van der Waals surface area contributed by atoms with E-state index in [1.54, 1.807) is 7.05 Å². The van der Waals surface area contributed by atoms with E-state index in [2.05, 4.69) is 31.8 Å². The molecule has 3 rings (SSSR count). The molecule has 1 unspecified atom stereocenters. The van der Waals surface area contributed by atoms with Gasteiger partial charge >= 0.3 is 0 Å². The molecule has 2 aliphatic rings. The van der Waals surface area contributed by atoms with Gasteiger partial charge in [0, 0.05) is 36.9 Å². The van der Waals surface area contributed by atoms with Gasteiger partial charge < -0.3 is 20.9 Å². The number of nitrogens with two attached hydrogens (primary N) is 1. The van der Waals surface area contributed by atoms with Crippen LogP contribution in [0, 0.1) is 0 Å². The topological polar surface area (TPSA) is 82.3 Å². The molecule has 4 N–H and O–H groups in total. The highest BCUT2D eigenvalue weighted by molar-refractivity contribution is 5.56. The molecule has 1 aromatic rings. The lowest BCUT2D eigenvalue weighted by Crippen LogP contribution is -2.36. The van der Waals surface area contributed by atoms with Crippen LogP contribution in [0.3, 0.4) is 0 Å². The molecule has 1 aliphatic carbocycles.